The average molecular weight is 387 g/mol. The second-order valence-corrected chi connectivity index (χ2v) is 7.51. The van der Waals surface area contributed by atoms with E-state index in [1.165, 1.54) is 12.1 Å². The van der Waals surface area contributed by atoms with Crippen molar-refractivity contribution in [3.63, 3.8) is 0 Å². The molecule has 4 rings (SSSR count). The normalized spacial score (nSPS) is 17.4. The highest BCUT2D eigenvalue weighted by Crippen LogP contribution is 2.38. The number of benzene rings is 1. The van der Waals surface area contributed by atoms with Crippen molar-refractivity contribution in [2.45, 2.75) is 51.7 Å². The Morgan fingerprint density at radius 1 is 1.36 bits per heavy atom. The number of rotatable bonds is 5. The van der Waals surface area contributed by atoms with E-state index in [9.17, 15) is 9.18 Å². The Balaban J connectivity index is 1.71. The van der Waals surface area contributed by atoms with E-state index in [4.69, 9.17) is 14.7 Å². The molecule has 1 aromatic carbocycles. The first kappa shape index (κ1) is 18.6. The number of hydroxylamine groups is 1. The first-order valence-electron chi connectivity index (χ1n) is 9.18. The van der Waals surface area contributed by atoms with Crippen molar-refractivity contribution in [1.82, 2.24) is 10.5 Å². The molecule has 1 amide bonds. The predicted molar refractivity (Wildman–Crippen MR) is 98.6 cm³/mol. The second kappa shape index (κ2) is 7.03. The molecule has 1 aliphatic carbocycles. The minimum atomic E-state index is -0.912. The van der Waals surface area contributed by atoms with Crippen molar-refractivity contribution in [1.29, 1.82) is 0 Å². The van der Waals surface area contributed by atoms with Gasteiger partial charge in [-0.05, 0) is 42.7 Å². The smallest absolute Gasteiger partial charge is 0.297 e. The standard InChI is InChI=1S/C20H22FN3O4/c1-20(2)27-11-16-12(9-22-17(18(16)28-20)19(25)23-26)10-24(15-7-8-15)14-5-3-13(21)4-6-14/h3-6,9,15,26H,7-8,10-11H2,1-2H3,(H,23,25). The Morgan fingerprint density at radius 2 is 2.07 bits per heavy atom. The summed E-state index contributed by atoms with van der Waals surface area (Å²) in [4.78, 5) is 18.4. The van der Waals surface area contributed by atoms with E-state index >= 15 is 0 Å². The van der Waals surface area contributed by atoms with Crippen LogP contribution >= 0.6 is 0 Å². The lowest BCUT2D eigenvalue weighted by Gasteiger charge is -2.35. The first-order chi connectivity index (χ1) is 13.4. The molecule has 0 unspecified atom stereocenters. The van der Waals surface area contributed by atoms with E-state index in [0.717, 1.165) is 29.7 Å². The van der Waals surface area contributed by atoms with Gasteiger partial charge in [0, 0.05) is 43.9 Å². The van der Waals surface area contributed by atoms with Crippen molar-refractivity contribution in [2.75, 3.05) is 4.90 Å². The fraction of sp³-hybridized carbons (Fsp3) is 0.400. The third-order valence-corrected chi connectivity index (χ3v) is 4.94. The van der Waals surface area contributed by atoms with Gasteiger partial charge in [-0.3, -0.25) is 10.0 Å². The fourth-order valence-electron chi connectivity index (χ4n) is 3.34. The van der Waals surface area contributed by atoms with Crippen LogP contribution in [-0.2, 0) is 17.9 Å². The van der Waals surface area contributed by atoms with Crippen molar-refractivity contribution >= 4 is 11.6 Å². The zero-order chi connectivity index (χ0) is 19.9. The third kappa shape index (κ3) is 3.65. The maximum absolute atomic E-state index is 13.3. The minimum absolute atomic E-state index is 0.0115. The topological polar surface area (TPSA) is 83.9 Å². The fourth-order valence-corrected chi connectivity index (χ4v) is 3.34. The van der Waals surface area contributed by atoms with Crippen LogP contribution in [0.15, 0.2) is 30.5 Å². The Kier molecular flexibility index (Phi) is 4.68. The molecule has 28 heavy (non-hydrogen) atoms. The summed E-state index contributed by atoms with van der Waals surface area (Å²) < 4.78 is 25.0. The lowest BCUT2D eigenvalue weighted by Crippen LogP contribution is -2.38. The molecule has 2 aliphatic rings. The highest BCUT2D eigenvalue weighted by Gasteiger charge is 2.35. The SMILES string of the molecule is CC1(C)OCc2c(CN(c3ccc(F)cc3)C3CC3)cnc(C(=O)NO)c2O1. The number of hydrogen-bond donors (Lipinski definition) is 2. The van der Waals surface area contributed by atoms with Gasteiger partial charge in [-0.1, -0.05) is 0 Å². The number of fused-ring (bicyclic) bond motifs is 1. The van der Waals surface area contributed by atoms with Gasteiger partial charge < -0.3 is 14.4 Å². The number of ether oxygens (including phenoxy) is 2. The molecule has 0 spiro atoms. The molecule has 0 bridgehead atoms. The van der Waals surface area contributed by atoms with Gasteiger partial charge in [0.2, 0.25) is 5.79 Å². The van der Waals surface area contributed by atoms with Crippen molar-refractivity contribution in [3.8, 4) is 5.75 Å². The number of aromatic nitrogens is 1. The van der Waals surface area contributed by atoms with Gasteiger partial charge >= 0.3 is 0 Å². The Morgan fingerprint density at radius 3 is 2.71 bits per heavy atom. The van der Waals surface area contributed by atoms with Gasteiger partial charge in [0.05, 0.1) is 6.61 Å². The third-order valence-electron chi connectivity index (χ3n) is 4.94. The number of amides is 1. The van der Waals surface area contributed by atoms with Gasteiger partial charge in [0.1, 0.15) is 5.82 Å². The molecule has 7 nitrogen and oxygen atoms in total. The Labute approximate surface area is 162 Å². The number of carbonyl (C=O) groups excluding carboxylic acids is 1. The van der Waals surface area contributed by atoms with Crippen molar-refractivity contribution in [3.05, 3.63) is 53.1 Å². The summed E-state index contributed by atoms with van der Waals surface area (Å²) in [6, 6.07) is 6.79. The van der Waals surface area contributed by atoms with Crippen LogP contribution < -0.4 is 15.1 Å². The van der Waals surface area contributed by atoms with Crippen molar-refractivity contribution in [2.24, 2.45) is 0 Å². The van der Waals surface area contributed by atoms with Crippen LogP contribution in [0.2, 0.25) is 0 Å². The zero-order valence-electron chi connectivity index (χ0n) is 15.7. The maximum atomic E-state index is 13.3. The largest absolute Gasteiger partial charge is 0.460 e. The van der Waals surface area contributed by atoms with Crippen LogP contribution in [0, 0.1) is 5.82 Å². The molecule has 1 aromatic heterocycles. The molecular weight excluding hydrogens is 365 g/mol. The average Bonchev–Trinajstić information content (AvgIpc) is 3.50. The molecule has 2 heterocycles. The van der Waals surface area contributed by atoms with Crippen LogP contribution in [0.5, 0.6) is 5.75 Å². The molecular formula is C20H22FN3O4. The summed E-state index contributed by atoms with van der Waals surface area (Å²) in [6.07, 6.45) is 3.74. The van der Waals surface area contributed by atoms with E-state index in [1.807, 2.05) is 0 Å². The van der Waals surface area contributed by atoms with Gasteiger partial charge in [0.25, 0.3) is 5.91 Å². The van der Waals surface area contributed by atoms with Gasteiger partial charge in [-0.2, -0.15) is 0 Å². The van der Waals surface area contributed by atoms with Gasteiger partial charge in [-0.15, -0.1) is 0 Å². The highest BCUT2D eigenvalue weighted by atomic mass is 19.1. The lowest BCUT2D eigenvalue weighted by molar-refractivity contribution is -0.180. The summed E-state index contributed by atoms with van der Waals surface area (Å²) in [6.45, 7) is 4.28. The van der Waals surface area contributed by atoms with E-state index in [1.54, 1.807) is 37.7 Å². The Hall–Kier alpha value is -2.71. The van der Waals surface area contributed by atoms with Crippen LogP contribution in [0.1, 0.15) is 48.3 Å². The van der Waals surface area contributed by atoms with E-state index in [2.05, 4.69) is 9.88 Å². The quantitative estimate of drug-likeness (QED) is 0.606. The molecule has 8 heteroatoms. The molecule has 1 aliphatic heterocycles. The zero-order valence-corrected chi connectivity index (χ0v) is 15.7. The molecule has 0 atom stereocenters. The van der Waals surface area contributed by atoms with E-state index in [0.29, 0.717) is 18.3 Å². The molecule has 1 saturated carbocycles. The first-order valence-corrected chi connectivity index (χ1v) is 9.18. The Bertz CT molecular complexity index is 897. The highest BCUT2D eigenvalue weighted by molar-refractivity contribution is 5.94. The van der Waals surface area contributed by atoms with Crippen molar-refractivity contribution < 1.29 is 23.9 Å². The summed E-state index contributed by atoms with van der Waals surface area (Å²) >= 11 is 0. The molecule has 148 valence electrons. The number of hydrogen-bond acceptors (Lipinski definition) is 6. The maximum Gasteiger partial charge on any atom is 0.297 e. The van der Waals surface area contributed by atoms with Crippen LogP contribution in [0.25, 0.3) is 0 Å². The molecule has 2 N–H and O–H groups in total. The summed E-state index contributed by atoms with van der Waals surface area (Å²) in [7, 11) is 0. The van der Waals surface area contributed by atoms with Crippen LogP contribution in [-0.4, -0.2) is 27.9 Å². The molecule has 0 saturated heterocycles. The number of nitrogens with one attached hydrogen (secondary N) is 1. The number of nitrogens with zero attached hydrogens (tertiary/aromatic N) is 2. The van der Waals surface area contributed by atoms with E-state index in [-0.39, 0.29) is 18.1 Å². The van der Waals surface area contributed by atoms with Crippen LogP contribution in [0.3, 0.4) is 0 Å². The molecule has 2 aromatic rings. The number of halogens is 1. The monoisotopic (exact) mass is 387 g/mol. The van der Waals surface area contributed by atoms with Crippen LogP contribution in [0.4, 0.5) is 10.1 Å². The summed E-state index contributed by atoms with van der Waals surface area (Å²) in [5, 5.41) is 9.02. The number of carbonyl (C=O) groups is 1. The summed E-state index contributed by atoms with van der Waals surface area (Å²) in [5.41, 5.74) is 4.13. The number of pyridine rings is 1. The predicted octanol–water partition coefficient (Wildman–Crippen LogP) is 3.15. The lowest BCUT2D eigenvalue weighted by atomic mass is 10.0. The molecule has 0 radical (unpaired) electrons. The van der Waals surface area contributed by atoms with Gasteiger partial charge in [0.15, 0.2) is 11.4 Å². The van der Waals surface area contributed by atoms with E-state index < -0.39 is 11.7 Å². The molecule has 1 fully saturated rings. The minimum Gasteiger partial charge on any atom is -0.460 e. The van der Waals surface area contributed by atoms with Gasteiger partial charge in [-0.25, -0.2) is 14.9 Å². The summed E-state index contributed by atoms with van der Waals surface area (Å²) in [5.74, 6) is -1.61. The number of anilines is 1. The second-order valence-electron chi connectivity index (χ2n) is 7.51.